The third-order valence-electron chi connectivity index (χ3n) is 3.45. The molecule has 1 aliphatic rings. The summed E-state index contributed by atoms with van der Waals surface area (Å²) < 4.78 is 0. The fourth-order valence-electron chi connectivity index (χ4n) is 2.63. The largest absolute Gasteiger partial charge is 0.396 e. The molecule has 2 rings (SSSR count). The second kappa shape index (κ2) is 5.85. The predicted octanol–water partition coefficient (Wildman–Crippen LogP) is 1.11. The maximum atomic E-state index is 9.21. The number of aliphatic hydroxyl groups excluding tert-OH is 1. The maximum absolute atomic E-state index is 9.21. The van der Waals surface area contributed by atoms with Gasteiger partial charge in [-0.05, 0) is 25.5 Å². The van der Waals surface area contributed by atoms with Crippen molar-refractivity contribution in [1.29, 1.82) is 5.26 Å². The quantitative estimate of drug-likeness (QED) is 0.837. The van der Waals surface area contributed by atoms with Crippen LogP contribution in [0.1, 0.15) is 18.9 Å². The minimum atomic E-state index is 0.171. The minimum Gasteiger partial charge on any atom is -0.396 e. The van der Waals surface area contributed by atoms with Crippen LogP contribution in [-0.4, -0.2) is 36.9 Å². The van der Waals surface area contributed by atoms with Crippen LogP contribution >= 0.6 is 0 Å². The van der Waals surface area contributed by atoms with Gasteiger partial charge >= 0.3 is 0 Å². The molecule has 0 amide bonds. The van der Waals surface area contributed by atoms with E-state index in [1.807, 2.05) is 24.3 Å². The number of anilines is 1. The molecule has 4 nitrogen and oxygen atoms in total. The molecule has 96 valence electrons. The van der Waals surface area contributed by atoms with Gasteiger partial charge in [-0.25, -0.2) is 0 Å². The number of nitrogens with one attached hydrogen (secondary N) is 1. The van der Waals surface area contributed by atoms with Crippen molar-refractivity contribution in [2.45, 2.75) is 25.4 Å². The molecule has 1 fully saturated rings. The fourth-order valence-corrected chi connectivity index (χ4v) is 2.63. The SMILES string of the molecule is CC1CNCC(CCO)N1c1ccccc1C#N. The summed E-state index contributed by atoms with van der Waals surface area (Å²) in [6.07, 6.45) is 0.719. The predicted molar refractivity (Wildman–Crippen MR) is 71.5 cm³/mol. The Kier molecular flexibility index (Phi) is 4.19. The fraction of sp³-hybridized carbons (Fsp3) is 0.500. The Morgan fingerprint density at radius 3 is 2.94 bits per heavy atom. The first-order valence-corrected chi connectivity index (χ1v) is 6.37. The molecule has 0 radical (unpaired) electrons. The van der Waals surface area contributed by atoms with Gasteiger partial charge < -0.3 is 15.3 Å². The van der Waals surface area contributed by atoms with Crippen LogP contribution in [0, 0.1) is 11.3 Å². The van der Waals surface area contributed by atoms with E-state index in [1.165, 1.54) is 0 Å². The molecule has 0 bridgehead atoms. The van der Waals surface area contributed by atoms with Gasteiger partial charge in [-0.3, -0.25) is 0 Å². The van der Waals surface area contributed by atoms with Crippen LogP contribution in [0.3, 0.4) is 0 Å². The molecule has 18 heavy (non-hydrogen) atoms. The average Bonchev–Trinajstić information content (AvgIpc) is 2.39. The molecular formula is C14H19N3O. The summed E-state index contributed by atoms with van der Waals surface area (Å²) in [5.41, 5.74) is 1.68. The van der Waals surface area contributed by atoms with Crippen LogP contribution in [0.15, 0.2) is 24.3 Å². The number of nitrogens with zero attached hydrogens (tertiary/aromatic N) is 2. The third kappa shape index (κ3) is 2.47. The lowest BCUT2D eigenvalue weighted by molar-refractivity contribution is 0.259. The van der Waals surface area contributed by atoms with Crippen molar-refractivity contribution in [2.75, 3.05) is 24.6 Å². The molecule has 4 heteroatoms. The number of benzene rings is 1. The standard InChI is InChI=1S/C14H19N3O/c1-11-9-16-10-13(6-7-18)17(11)14-5-3-2-4-12(14)8-15/h2-5,11,13,16,18H,6-7,9-10H2,1H3. The Morgan fingerprint density at radius 2 is 2.22 bits per heavy atom. The normalized spacial score (nSPS) is 23.7. The number of hydrogen-bond donors (Lipinski definition) is 2. The van der Waals surface area contributed by atoms with E-state index >= 15 is 0 Å². The van der Waals surface area contributed by atoms with Gasteiger partial charge in [0.05, 0.1) is 11.3 Å². The van der Waals surface area contributed by atoms with Gasteiger partial charge in [0.15, 0.2) is 0 Å². The lowest BCUT2D eigenvalue weighted by atomic mass is 10.0. The van der Waals surface area contributed by atoms with Crippen LogP contribution in [-0.2, 0) is 0 Å². The molecule has 0 aromatic heterocycles. The van der Waals surface area contributed by atoms with Crippen LogP contribution < -0.4 is 10.2 Å². The Morgan fingerprint density at radius 1 is 1.44 bits per heavy atom. The topological polar surface area (TPSA) is 59.3 Å². The van der Waals surface area contributed by atoms with E-state index in [0.29, 0.717) is 11.6 Å². The summed E-state index contributed by atoms with van der Waals surface area (Å²) >= 11 is 0. The molecular weight excluding hydrogens is 226 g/mol. The first-order chi connectivity index (χ1) is 8.77. The molecule has 2 unspecified atom stereocenters. The second-order valence-corrected chi connectivity index (χ2v) is 4.71. The number of hydrogen-bond acceptors (Lipinski definition) is 4. The minimum absolute atomic E-state index is 0.171. The smallest absolute Gasteiger partial charge is 0.101 e. The zero-order valence-electron chi connectivity index (χ0n) is 10.6. The highest BCUT2D eigenvalue weighted by Crippen LogP contribution is 2.26. The van der Waals surface area contributed by atoms with Crippen molar-refractivity contribution >= 4 is 5.69 Å². The van der Waals surface area contributed by atoms with E-state index in [9.17, 15) is 10.4 Å². The monoisotopic (exact) mass is 245 g/mol. The van der Waals surface area contributed by atoms with Crippen LogP contribution in [0.25, 0.3) is 0 Å². The van der Waals surface area contributed by atoms with E-state index in [4.69, 9.17) is 0 Å². The number of nitriles is 1. The van der Waals surface area contributed by atoms with Crippen LogP contribution in [0.5, 0.6) is 0 Å². The highest BCUT2D eigenvalue weighted by molar-refractivity contribution is 5.60. The third-order valence-corrected chi connectivity index (χ3v) is 3.45. The van der Waals surface area contributed by atoms with Gasteiger partial charge in [-0.2, -0.15) is 5.26 Å². The summed E-state index contributed by atoms with van der Waals surface area (Å²) in [4.78, 5) is 2.27. The Balaban J connectivity index is 2.34. The number of piperazine rings is 1. The molecule has 0 aliphatic carbocycles. The molecule has 1 aromatic rings. The van der Waals surface area contributed by atoms with Crippen molar-refractivity contribution < 1.29 is 5.11 Å². The van der Waals surface area contributed by atoms with Gasteiger partial charge in [-0.15, -0.1) is 0 Å². The second-order valence-electron chi connectivity index (χ2n) is 4.71. The summed E-state index contributed by atoms with van der Waals surface area (Å²) in [6.45, 7) is 4.07. The van der Waals surface area contributed by atoms with E-state index in [-0.39, 0.29) is 12.6 Å². The van der Waals surface area contributed by atoms with Crippen molar-refractivity contribution in [1.82, 2.24) is 5.32 Å². The molecule has 0 saturated carbocycles. The molecule has 1 heterocycles. The van der Waals surface area contributed by atoms with Crippen molar-refractivity contribution in [3.8, 4) is 6.07 Å². The van der Waals surface area contributed by atoms with Gasteiger partial charge in [0.2, 0.25) is 0 Å². The summed E-state index contributed by atoms with van der Waals surface area (Å²) in [6, 6.07) is 10.5. The molecule has 2 N–H and O–H groups in total. The number of aliphatic hydroxyl groups is 1. The number of para-hydroxylation sites is 1. The Hall–Kier alpha value is -1.57. The molecule has 2 atom stereocenters. The van der Waals surface area contributed by atoms with Crippen molar-refractivity contribution in [3.05, 3.63) is 29.8 Å². The first-order valence-electron chi connectivity index (χ1n) is 6.37. The van der Waals surface area contributed by atoms with Gasteiger partial charge in [0.25, 0.3) is 0 Å². The van der Waals surface area contributed by atoms with Gasteiger partial charge in [-0.1, -0.05) is 12.1 Å². The summed E-state index contributed by atoms with van der Waals surface area (Å²) in [5, 5.41) is 21.8. The Bertz CT molecular complexity index is 439. The molecule has 1 aliphatic heterocycles. The van der Waals surface area contributed by atoms with Crippen LogP contribution in [0.4, 0.5) is 5.69 Å². The zero-order chi connectivity index (χ0) is 13.0. The number of rotatable bonds is 3. The first kappa shape index (κ1) is 12.9. The average molecular weight is 245 g/mol. The van der Waals surface area contributed by atoms with Gasteiger partial charge in [0, 0.05) is 31.8 Å². The van der Waals surface area contributed by atoms with Crippen LogP contribution in [0.2, 0.25) is 0 Å². The summed E-state index contributed by atoms with van der Waals surface area (Å²) in [5.74, 6) is 0. The maximum Gasteiger partial charge on any atom is 0.101 e. The van der Waals surface area contributed by atoms with E-state index in [2.05, 4.69) is 23.2 Å². The zero-order valence-corrected chi connectivity index (χ0v) is 10.6. The molecule has 0 spiro atoms. The lowest BCUT2D eigenvalue weighted by Gasteiger charge is -2.43. The highest BCUT2D eigenvalue weighted by atomic mass is 16.3. The Labute approximate surface area is 108 Å². The summed E-state index contributed by atoms with van der Waals surface area (Å²) in [7, 11) is 0. The van der Waals surface area contributed by atoms with Gasteiger partial charge in [0.1, 0.15) is 6.07 Å². The van der Waals surface area contributed by atoms with E-state index in [1.54, 1.807) is 0 Å². The molecule has 1 saturated heterocycles. The van der Waals surface area contributed by atoms with Crippen molar-refractivity contribution in [2.24, 2.45) is 0 Å². The van der Waals surface area contributed by atoms with Crippen molar-refractivity contribution in [3.63, 3.8) is 0 Å². The van der Waals surface area contributed by atoms with E-state index < -0.39 is 0 Å². The molecule has 1 aromatic carbocycles. The van der Waals surface area contributed by atoms with E-state index in [0.717, 1.165) is 25.2 Å². The lowest BCUT2D eigenvalue weighted by Crippen LogP contribution is -2.57. The highest BCUT2D eigenvalue weighted by Gasteiger charge is 2.28.